The van der Waals surface area contributed by atoms with Crippen LogP contribution in [0.25, 0.3) is 11.4 Å². The molecule has 14 nitrogen and oxygen atoms in total. The standard InChI is InChI=1S/C35H48N6O8/c1-20(2)46-32(42)38-40(34(44)48-22(5)6)28-16-10-12-24(28)26-14-9-15-27(30(26)31-36-18-19-37-31)25-13-11-17-29(25)41(35(45)49-23(7)8)39-33(43)47-21(3)4/h9-15,18-25,28-29H,16-17H2,1-8H3,(H,36,37)(H,38,42)(H,39,43)/t24-,25+,28+,29-. The van der Waals surface area contributed by atoms with Gasteiger partial charge in [-0.2, -0.15) is 0 Å². The van der Waals surface area contributed by atoms with Gasteiger partial charge >= 0.3 is 24.4 Å². The summed E-state index contributed by atoms with van der Waals surface area (Å²) in [6.07, 6.45) is 7.38. The number of hydrogen-bond donors (Lipinski definition) is 3. The fourth-order valence-electron chi connectivity index (χ4n) is 5.97. The molecule has 4 amide bonds. The Balaban J connectivity index is 1.79. The van der Waals surface area contributed by atoms with Crippen molar-refractivity contribution >= 4 is 24.4 Å². The van der Waals surface area contributed by atoms with Crippen molar-refractivity contribution in [3.8, 4) is 11.4 Å². The van der Waals surface area contributed by atoms with Crippen LogP contribution in [0.5, 0.6) is 0 Å². The van der Waals surface area contributed by atoms with Gasteiger partial charge in [0, 0.05) is 29.8 Å². The molecule has 1 aromatic carbocycles. The number of aromatic amines is 1. The molecular weight excluding hydrogens is 632 g/mol. The molecular formula is C35H48N6O8. The number of hydrazine groups is 2. The Labute approximate surface area is 287 Å². The molecule has 4 atom stereocenters. The molecule has 49 heavy (non-hydrogen) atoms. The van der Waals surface area contributed by atoms with E-state index in [1.165, 1.54) is 10.0 Å². The van der Waals surface area contributed by atoms with Gasteiger partial charge in [-0.15, -0.1) is 0 Å². The summed E-state index contributed by atoms with van der Waals surface area (Å²) in [6.45, 7) is 13.8. The van der Waals surface area contributed by atoms with Crippen LogP contribution >= 0.6 is 0 Å². The maximum Gasteiger partial charge on any atom is 0.429 e. The third kappa shape index (κ3) is 9.33. The van der Waals surface area contributed by atoms with Crippen molar-refractivity contribution in [3.05, 3.63) is 66.0 Å². The number of hydrogen-bond acceptors (Lipinski definition) is 9. The predicted octanol–water partition coefficient (Wildman–Crippen LogP) is 6.69. The molecule has 0 spiro atoms. The fraction of sp³-hybridized carbons (Fsp3) is 0.514. The van der Waals surface area contributed by atoms with E-state index in [0.29, 0.717) is 18.7 Å². The lowest BCUT2D eigenvalue weighted by atomic mass is 9.82. The van der Waals surface area contributed by atoms with Crippen molar-refractivity contribution in [3.63, 3.8) is 0 Å². The third-order valence-corrected chi connectivity index (χ3v) is 7.69. The lowest BCUT2D eigenvalue weighted by Crippen LogP contribution is -2.54. The first kappa shape index (κ1) is 36.8. The Morgan fingerprint density at radius 1 is 0.714 bits per heavy atom. The quantitative estimate of drug-likeness (QED) is 0.149. The molecule has 2 aromatic rings. The first-order valence-electron chi connectivity index (χ1n) is 16.7. The largest absolute Gasteiger partial charge is 0.446 e. The SMILES string of the molecule is CC(C)OC(=O)NN(C(=O)OC(C)C)[C@@H]1CC=C[C@H]1c1cccc([C@H]2C=CC[C@@H]2N(NC(=O)OC(C)C)C(=O)OC(C)C)c1-c1ncc[nH]1. The average Bonchev–Trinajstić information content (AvgIpc) is 3.79. The Hall–Kier alpha value is -5.01. The molecule has 0 aliphatic heterocycles. The zero-order valence-corrected chi connectivity index (χ0v) is 29.3. The van der Waals surface area contributed by atoms with Crippen molar-refractivity contribution in [1.29, 1.82) is 0 Å². The van der Waals surface area contributed by atoms with Crippen LogP contribution in [0.2, 0.25) is 0 Å². The molecule has 1 aromatic heterocycles. The van der Waals surface area contributed by atoms with E-state index in [0.717, 1.165) is 16.7 Å². The van der Waals surface area contributed by atoms with Crippen LogP contribution in [0.1, 0.15) is 91.2 Å². The van der Waals surface area contributed by atoms with Gasteiger partial charge in [-0.1, -0.05) is 42.5 Å². The summed E-state index contributed by atoms with van der Waals surface area (Å²) < 4.78 is 21.7. The third-order valence-electron chi connectivity index (χ3n) is 7.69. The minimum atomic E-state index is -0.780. The number of H-pyrrole nitrogens is 1. The van der Waals surface area contributed by atoms with Crippen LogP contribution in [-0.2, 0) is 18.9 Å². The zero-order chi connectivity index (χ0) is 35.8. The van der Waals surface area contributed by atoms with E-state index in [1.54, 1.807) is 67.8 Å². The van der Waals surface area contributed by atoms with Gasteiger partial charge in [-0.3, -0.25) is 0 Å². The van der Waals surface area contributed by atoms with Crippen molar-refractivity contribution in [2.45, 2.75) is 117 Å². The van der Waals surface area contributed by atoms with Gasteiger partial charge in [0.15, 0.2) is 0 Å². The Bertz CT molecular complexity index is 1430. The maximum absolute atomic E-state index is 13.4. The number of ether oxygens (including phenoxy) is 4. The number of nitrogens with one attached hydrogen (secondary N) is 3. The normalized spacial score (nSPS) is 19.8. The lowest BCUT2D eigenvalue weighted by Gasteiger charge is -2.35. The number of rotatable bonds is 9. The molecule has 14 heteroatoms. The number of amides is 4. The molecule has 4 rings (SSSR count). The molecule has 2 aliphatic carbocycles. The van der Waals surface area contributed by atoms with E-state index < -0.39 is 72.7 Å². The summed E-state index contributed by atoms with van der Waals surface area (Å²) >= 11 is 0. The van der Waals surface area contributed by atoms with Crippen molar-refractivity contribution in [2.75, 3.05) is 0 Å². The minimum Gasteiger partial charge on any atom is -0.446 e. The summed E-state index contributed by atoms with van der Waals surface area (Å²) in [7, 11) is 0. The van der Waals surface area contributed by atoms with E-state index in [9.17, 15) is 19.2 Å². The summed E-state index contributed by atoms with van der Waals surface area (Å²) in [5, 5.41) is 2.39. The van der Waals surface area contributed by atoms with Crippen molar-refractivity contribution < 1.29 is 38.1 Å². The van der Waals surface area contributed by atoms with Crippen LogP contribution in [0.3, 0.4) is 0 Å². The monoisotopic (exact) mass is 680 g/mol. The average molecular weight is 681 g/mol. The summed E-state index contributed by atoms with van der Waals surface area (Å²) in [6, 6.07) is 4.65. The number of aromatic nitrogens is 2. The predicted molar refractivity (Wildman–Crippen MR) is 181 cm³/mol. The van der Waals surface area contributed by atoms with Crippen LogP contribution < -0.4 is 10.9 Å². The van der Waals surface area contributed by atoms with E-state index >= 15 is 0 Å². The smallest absolute Gasteiger partial charge is 0.429 e. The van der Waals surface area contributed by atoms with Crippen molar-refractivity contribution in [2.24, 2.45) is 0 Å². The molecule has 2 aliphatic rings. The molecule has 0 unspecified atom stereocenters. The van der Waals surface area contributed by atoms with Crippen LogP contribution in [0, 0.1) is 0 Å². The second-order valence-corrected chi connectivity index (χ2v) is 13.0. The molecule has 0 radical (unpaired) electrons. The molecule has 0 saturated carbocycles. The van der Waals surface area contributed by atoms with E-state index in [1.807, 2.05) is 42.5 Å². The van der Waals surface area contributed by atoms with Gasteiger partial charge in [0.1, 0.15) is 5.82 Å². The molecule has 3 N–H and O–H groups in total. The molecule has 266 valence electrons. The van der Waals surface area contributed by atoms with Gasteiger partial charge in [0.25, 0.3) is 0 Å². The lowest BCUT2D eigenvalue weighted by molar-refractivity contribution is 0.0304. The molecule has 0 fully saturated rings. The summed E-state index contributed by atoms with van der Waals surface area (Å²) in [4.78, 5) is 60.3. The highest BCUT2D eigenvalue weighted by atomic mass is 16.6. The van der Waals surface area contributed by atoms with Gasteiger partial charge in [0.05, 0.1) is 36.5 Å². The summed E-state index contributed by atoms with van der Waals surface area (Å²) in [5.41, 5.74) is 7.61. The number of nitrogens with zero attached hydrogens (tertiary/aromatic N) is 3. The second kappa shape index (κ2) is 16.4. The maximum atomic E-state index is 13.4. The molecule has 0 bridgehead atoms. The van der Waals surface area contributed by atoms with Gasteiger partial charge in [0.2, 0.25) is 0 Å². The summed E-state index contributed by atoms with van der Waals surface area (Å²) in [5.74, 6) is -0.260. The highest BCUT2D eigenvalue weighted by Gasteiger charge is 2.41. The second-order valence-electron chi connectivity index (χ2n) is 13.0. The van der Waals surface area contributed by atoms with Gasteiger partial charge < -0.3 is 23.9 Å². The first-order valence-corrected chi connectivity index (χ1v) is 16.7. The first-order chi connectivity index (χ1) is 23.3. The highest BCUT2D eigenvalue weighted by molar-refractivity contribution is 5.77. The molecule has 0 saturated heterocycles. The zero-order valence-electron chi connectivity index (χ0n) is 29.3. The van der Waals surface area contributed by atoms with Gasteiger partial charge in [-0.05, 0) is 79.4 Å². The van der Waals surface area contributed by atoms with Crippen molar-refractivity contribution in [1.82, 2.24) is 30.8 Å². The molecule has 1 heterocycles. The minimum absolute atomic E-state index is 0.408. The fourth-order valence-corrected chi connectivity index (χ4v) is 5.97. The highest BCUT2D eigenvalue weighted by Crippen LogP contribution is 2.44. The van der Waals surface area contributed by atoms with Crippen LogP contribution in [0.4, 0.5) is 19.2 Å². The van der Waals surface area contributed by atoms with Gasteiger partial charge in [-0.25, -0.2) is 45.0 Å². The van der Waals surface area contributed by atoms with E-state index in [-0.39, 0.29) is 0 Å². The topological polar surface area (TPSA) is 164 Å². The number of imidazole rings is 1. The van der Waals surface area contributed by atoms with Crippen LogP contribution in [0.15, 0.2) is 54.9 Å². The Morgan fingerprint density at radius 3 is 1.51 bits per heavy atom. The number of carbonyl (C=O) groups is 4. The number of carbonyl (C=O) groups excluding carboxylic acids is 4. The van der Waals surface area contributed by atoms with Crippen LogP contribution in [-0.4, -0.2) is 80.9 Å². The Morgan fingerprint density at radius 2 is 1.14 bits per heavy atom. The number of benzene rings is 1. The Kier molecular flexibility index (Phi) is 12.3. The van der Waals surface area contributed by atoms with E-state index in [2.05, 4.69) is 20.8 Å². The van der Waals surface area contributed by atoms with E-state index in [4.69, 9.17) is 18.9 Å².